The Morgan fingerprint density at radius 3 is 2.76 bits per heavy atom. The predicted molar refractivity (Wildman–Crippen MR) is 66.9 cm³/mol. The van der Waals surface area contributed by atoms with E-state index in [9.17, 15) is 9.18 Å². The third-order valence-electron chi connectivity index (χ3n) is 3.48. The van der Waals surface area contributed by atoms with E-state index in [1.165, 1.54) is 43.9 Å². The number of rotatable bonds is 4. The lowest BCUT2D eigenvalue weighted by molar-refractivity contribution is 0.0973. The van der Waals surface area contributed by atoms with Gasteiger partial charge in [-0.3, -0.25) is 4.79 Å². The van der Waals surface area contributed by atoms with Crippen molar-refractivity contribution in [2.75, 3.05) is 0 Å². The molecule has 0 atom stereocenters. The Morgan fingerprint density at radius 2 is 2.06 bits per heavy atom. The number of halogens is 2. The number of ketones is 1. The summed E-state index contributed by atoms with van der Waals surface area (Å²) < 4.78 is 13.0. The van der Waals surface area contributed by atoms with Crippen molar-refractivity contribution in [1.82, 2.24) is 0 Å². The van der Waals surface area contributed by atoms with Gasteiger partial charge in [-0.25, -0.2) is 4.39 Å². The molecule has 0 aliphatic heterocycles. The number of carbonyl (C=O) groups excluding carboxylic acids is 1. The van der Waals surface area contributed by atoms with Gasteiger partial charge in [-0.05, 0) is 30.5 Å². The van der Waals surface area contributed by atoms with Crippen LogP contribution in [0.2, 0.25) is 5.02 Å². The molecule has 3 heteroatoms. The van der Waals surface area contributed by atoms with Gasteiger partial charge < -0.3 is 0 Å². The fourth-order valence-electron chi connectivity index (χ4n) is 2.48. The van der Waals surface area contributed by atoms with Crippen molar-refractivity contribution >= 4 is 17.4 Å². The second-order valence-electron chi connectivity index (χ2n) is 4.74. The summed E-state index contributed by atoms with van der Waals surface area (Å²) in [6.45, 7) is 0. The summed E-state index contributed by atoms with van der Waals surface area (Å²) in [5.74, 6) is 0.228. The highest BCUT2D eigenvalue weighted by Gasteiger charge is 2.18. The average molecular weight is 255 g/mol. The van der Waals surface area contributed by atoms with Crippen molar-refractivity contribution < 1.29 is 9.18 Å². The first-order valence-corrected chi connectivity index (χ1v) is 6.53. The summed E-state index contributed by atoms with van der Waals surface area (Å²) in [7, 11) is 0. The first-order chi connectivity index (χ1) is 8.16. The van der Waals surface area contributed by atoms with Gasteiger partial charge in [0, 0.05) is 12.0 Å². The number of hydrogen-bond acceptors (Lipinski definition) is 1. The van der Waals surface area contributed by atoms with E-state index in [-0.39, 0.29) is 5.78 Å². The topological polar surface area (TPSA) is 17.1 Å². The normalized spacial score (nSPS) is 16.4. The van der Waals surface area contributed by atoms with Gasteiger partial charge in [0.25, 0.3) is 0 Å². The van der Waals surface area contributed by atoms with Gasteiger partial charge in [-0.1, -0.05) is 37.3 Å². The SMILES string of the molecule is O=C(CCC1CCCC1)c1cc(F)ccc1Cl. The number of hydrogen-bond donors (Lipinski definition) is 0. The molecule has 0 bridgehead atoms. The fraction of sp³-hybridized carbons (Fsp3) is 0.500. The van der Waals surface area contributed by atoms with E-state index in [1.54, 1.807) is 0 Å². The highest BCUT2D eigenvalue weighted by Crippen LogP contribution is 2.29. The van der Waals surface area contributed by atoms with Gasteiger partial charge in [0.15, 0.2) is 5.78 Å². The monoisotopic (exact) mass is 254 g/mol. The van der Waals surface area contributed by atoms with Crippen molar-refractivity contribution in [3.05, 3.63) is 34.6 Å². The Balaban J connectivity index is 1.96. The van der Waals surface area contributed by atoms with Crippen LogP contribution in [0.25, 0.3) is 0 Å². The Morgan fingerprint density at radius 1 is 1.35 bits per heavy atom. The third kappa shape index (κ3) is 3.29. The van der Waals surface area contributed by atoms with Crippen LogP contribution in [0.4, 0.5) is 4.39 Å². The molecule has 1 aromatic rings. The van der Waals surface area contributed by atoms with E-state index in [4.69, 9.17) is 11.6 Å². The van der Waals surface area contributed by atoms with Crippen molar-refractivity contribution in [2.45, 2.75) is 38.5 Å². The molecule has 1 aliphatic rings. The molecule has 1 fully saturated rings. The lowest BCUT2D eigenvalue weighted by atomic mass is 9.97. The van der Waals surface area contributed by atoms with E-state index in [0.717, 1.165) is 6.42 Å². The van der Waals surface area contributed by atoms with Crippen LogP contribution in [0.3, 0.4) is 0 Å². The summed E-state index contributed by atoms with van der Waals surface area (Å²) in [6, 6.07) is 3.95. The molecule has 92 valence electrons. The van der Waals surface area contributed by atoms with Crippen molar-refractivity contribution in [1.29, 1.82) is 0 Å². The molecule has 0 radical (unpaired) electrons. The van der Waals surface area contributed by atoms with Gasteiger partial charge in [-0.15, -0.1) is 0 Å². The van der Waals surface area contributed by atoms with E-state index in [2.05, 4.69) is 0 Å². The van der Waals surface area contributed by atoms with E-state index in [0.29, 0.717) is 22.9 Å². The maximum atomic E-state index is 13.0. The molecule has 1 saturated carbocycles. The highest BCUT2D eigenvalue weighted by atomic mass is 35.5. The number of benzene rings is 1. The van der Waals surface area contributed by atoms with E-state index in [1.807, 2.05) is 0 Å². The maximum Gasteiger partial charge on any atom is 0.164 e. The molecule has 17 heavy (non-hydrogen) atoms. The van der Waals surface area contributed by atoms with Gasteiger partial charge >= 0.3 is 0 Å². The van der Waals surface area contributed by atoms with Crippen LogP contribution in [0, 0.1) is 11.7 Å². The second kappa shape index (κ2) is 5.63. The largest absolute Gasteiger partial charge is 0.294 e. The summed E-state index contributed by atoms with van der Waals surface area (Å²) in [6.07, 6.45) is 6.40. The van der Waals surface area contributed by atoms with Crippen LogP contribution in [-0.4, -0.2) is 5.78 Å². The molecule has 0 N–H and O–H groups in total. The Kier molecular flexibility index (Phi) is 4.16. The van der Waals surface area contributed by atoms with Crippen LogP contribution in [-0.2, 0) is 0 Å². The zero-order chi connectivity index (χ0) is 12.3. The van der Waals surface area contributed by atoms with Crippen LogP contribution >= 0.6 is 11.6 Å². The Labute approximate surface area is 106 Å². The van der Waals surface area contributed by atoms with Crippen LogP contribution in [0.15, 0.2) is 18.2 Å². The molecule has 1 aliphatic carbocycles. The van der Waals surface area contributed by atoms with Gasteiger partial charge in [0.2, 0.25) is 0 Å². The van der Waals surface area contributed by atoms with Crippen LogP contribution in [0.1, 0.15) is 48.9 Å². The van der Waals surface area contributed by atoms with Crippen LogP contribution < -0.4 is 0 Å². The molecule has 0 unspecified atom stereocenters. The molecule has 1 nitrogen and oxygen atoms in total. The predicted octanol–water partition coefficient (Wildman–Crippen LogP) is 4.63. The molecule has 0 spiro atoms. The molecule has 1 aromatic carbocycles. The summed E-state index contributed by atoms with van der Waals surface area (Å²) >= 11 is 5.90. The van der Waals surface area contributed by atoms with Gasteiger partial charge in [0.05, 0.1) is 5.02 Å². The summed E-state index contributed by atoms with van der Waals surface area (Å²) in [4.78, 5) is 11.9. The minimum Gasteiger partial charge on any atom is -0.294 e. The Bertz CT molecular complexity index is 411. The Hall–Kier alpha value is -0.890. The zero-order valence-electron chi connectivity index (χ0n) is 9.72. The van der Waals surface area contributed by atoms with Gasteiger partial charge in [0.1, 0.15) is 5.82 Å². The number of Topliss-reactive ketones (excluding diaryl/α,β-unsaturated/α-hetero) is 1. The smallest absolute Gasteiger partial charge is 0.164 e. The maximum absolute atomic E-state index is 13.0. The molecule has 2 rings (SSSR count). The molecule has 0 amide bonds. The summed E-state index contributed by atoms with van der Waals surface area (Å²) in [5.41, 5.74) is 0.324. The quantitative estimate of drug-likeness (QED) is 0.716. The van der Waals surface area contributed by atoms with Crippen molar-refractivity contribution in [3.63, 3.8) is 0 Å². The first-order valence-electron chi connectivity index (χ1n) is 6.15. The minimum absolute atomic E-state index is 0.0404. The molecule has 0 saturated heterocycles. The molecule has 0 aromatic heterocycles. The summed E-state index contributed by atoms with van der Waals surface area (Å²) in [5, 5.41) is 0.350. The third-order valence-corrected chi connectivity index (χ3v) is 3.81. The second-order valence-corrected chi connectivity index (χ2v) is 5.14. The lowest BCUT2D eigenvalue weighted by Gasteiger charge is -2.08. The zero-order valence-corrected chi connectivity index (χ0v) is 10.5. The standard InChI is InChI=1S/C14H16ClFO/c15-13-7-6-11(16)9-12(13)14(17)8-5-10-3-1-2-4-10/h6-7,9-10H,1-5,8H2. The molecular formula is C14H16ClFO. The van der Waals surface area contributed by atoms with Crippen molar-refractivity contribution in [3.8, 4) is 0 Å². The van der Waals surface area contributed by atoms with E-state index < -0.39 is 5.82 Å². The number of carbonyl (C=O) groups is 1. The van der Waals surface area contributed by atoms with Gasteiger partial charge in [-0.2, -0.15) is 0 Å². The first kappa shape index (κ1) is 12.6. The molecular weight excluding hydrogens is 239 g/mol. The minimum atomic E-state index is -0.404. The van der Waals surface area contributed by atoms with Crippen LogP contribution in [0.5, 0.6) is 0 Å². The molecule has 0 heterocycles. The van der Waals surface area contributed by atoms with Crippen molar-refractivity contribution in [2.24, 2.45) is 5.92 Å². The average Bonchev–Trinajstić information content (AvgIpc) is 2.82. The lowest BCUT2D eigenvalue weighted by Crippen LogP contribution is -2.04. The fourth-order valence-corrected chi connectivity index (χ4v) is 2.70. The van der Waals surface area contributed by atoms with E-state index >= 15 is 0 Å². The highest BCUT2D eigenvalue weighted by molar-refractivity contribution is 6.33.